The fourth-order valence-corrected chi connectivity index (χ4v) is 2.53. The van der Waals surface area contributed by atoms with E-state index in [2.05, 4.69) is 16.0 Å². The van der Waals surface area contributed by atoms with Crippen molar-refractivity contribution in [1.82, 2.24) is 9.97 Å². The molecule has 0 radical (unpaired) electrons. The van der Waals surface area contributed by atoms with Crippen LogP contribution in [0.5, 0.6) is 5.75 Å². The van der Waals surface area contributed by atoms with E-state index in [1.165, 1.54) is 0 Å². The van der Waals surface area contributed by atoms with Gasteiger partial charge in [-0.2, -0.15) is 0 Å². The molecule has 4 heteroatoms. The highest BCUT2D eigenvalue weighted by atomic mass is 16.5. The van der Waals surface area contributed by atoms with Crippen LogP contribution in [0, 0.1) is 6.92 Å². The van der Waals surface area contributed by atoms with Crippen LogP contribution in [-0.4, -0.2) is 17.1 Å². The zero-order valence-corrected chi connectivity index (χ0v) is 12.1. The van der Waals surface area contributed by atoms with Crippen LogP contribution in [0.1, 0.15) is 22.7 Å². The SMILES string of the molecule is COc1ccc(C)cc1C(N)c1cccc2nccnc12. The number of rotatable bonds is 3. The molecule has 0 aliphatic carbocycles. The molecule has 3 rings (SSSR count). The molecule has 1 unspecified atom stereocenters. The summed E-state index contributed by atoms with van der Waals surface area (Å²) in [5.74, 6) is 0.786. The fourth-order valence-electron chi connectivity index (χ4n) is 2.53. The Bertz CT molecular complexity index is 781. The van der Waals surface area contributed by atoms with E-state index in [1.54, 1.807) is 19.5 Å². The molecule has 2 N–H and O–H groups in total. The number of nitrogens with zero attached hydrogens (tertiary/aromatic N) is 2. The van der Waals surface area contributed by atoms with Crippen molar-refractivity contribution in [3.05, 3.63) is 65.5 Å². The summed E-state index contributed by atoms with van der Waals surface area (Å²) in [6.07, 6.45) is 3.37. The molecule has 1 aromatic heterocycles. The van der Waals surface area contributed by atoms with Crippen molar-refractivity contribution < 1.29 is 4.74 Å². The molecule has 21 heavy (non-hydrogen) atoms. The second-order valence-corrected chi connectivity index (χ2v) is 4.99. The second-order valence-electron chi connectivity index (χ2n) is 4.99. The standard InChI is InChI=1S/C17H17N3O/c1-11-6-7-15(21-2)13(10-11)16(18)12-4-3-5-14-17(12)20-9-8-19-14/h3-10,16H,18H2,1-2H3. The second kappa shape index (κ2) is 5.50. The van der Waals surface area contributed by atoms with Gasteiger partial charge < -0.3 is 10.5 Å². The van der Waals surface area contributed by atoms with Crippen LogP contribution in [0.15, 0.2) is 48.8 Å². The van der Waals surface area contributed by atoms with E-state index in [0.717, 1.165) is 33.5 Å². The van der Waals surface area contributed by atoms with Crippen molar-refractivity contribution in [3.8, 4) is 5.75 Å². The van der Waals surface area contributed by atoms with Gasteiger partial charge in [-0.15, -0.1) is 0 Å². The lowest BCUT2D eigenvalue weighted by atomic mass is 9.96. The lowest BCUT2D eigenvalue weighted by Crippen LogP contribution is -2.14. The summed E-state index contributed by atoms with van der Waals surface area (Å²) < 4.78 is 5.44. The van der Waals surface area contributed by atoms with Crippen molar-refractivity contribution in [3.63, 3.8) is 0 Å². The number of methoxy groups -OCH3 is 1. The molecule has 0 fully saturated rings. The molecule has 0 spiro atoms. The number of hydrogen-bond acceptors (Lipinski definition) is 4. The Morgan fingerprint density at radius 3 is 2.67 bits per heavy atom. The van der Waals surface area contributed by atoms with Crippen LogP contribution in [-0.2, 0) is 0 Å². The number of hydrogen-bond donors (Lipinski definition) is 1. The highest BCUT2D eigenvalue weighted by Gasteiger charge is 2.17. The minimum atomic E-state index is -0.305. The highest BCUT2D eigenvalue weighted by Crippen LogP contribution is 2.31. The first-order valence-electron chi connectivity index (χ1n) is 6.80. The predicted octanol–water partition coefficient (Wildman–Crippen LogP) is 2.99. The number of ether oxygens (including phenoxy) is 1. The van der Waals surface area contributed by atoms with E-state index in [4.69, 9.17) is 10.5 Å². The molecule has 4 nitrogen and oxygen atoms in total. The van der Waals surface area contributed by atoms with Gasteiger partial charge in [0, 0.05) is 23.5 Å². The van der Waals surface area contributed by atoms with Crippen molar-refractivity contribution in [1.29, 1.82) is 0 Å². The topological polar surface area (TPSA) is 61.0 Å². The lowest BCUT2D eigenvalue weighted by molar-refractivity contribution is 0.408. The summed E-state index contributed by atoms with van der Waals surface area (Å²) in [6.45, 7) is 2.04. The van der Waals surface area contributed by atoms with Crippen LogP contribution < -0.4 is 10.5 Å². The molecule has 0 aliphatic rings. The first kappa shape index (κ1) is 13.5. The molecule has 3 aromatic rings. The average Bonchev–Trinajstić information content (AvgIpc) is 2.53. The molecule has 106 valence electrons. The van der Waals surface area contributed by atoms with Crippen LogP contribution in [0.25, 0.3) is 11.0 Å². The lowest BCUT2D eigenvalue weighted by Gasteiger charge is -2.18. The Balaban J connectivity index is 2.17. The van der Waals surface area contributed by atoms with Crippen molar-refractivity contribution in [2.45, 2.75) is 13.0 Å². The Kier molecular flexibility index (Phi) is 3.54. The van der Waals surface area contributed by atoms with Crippen molar-refractivity contribution >= 4 is 11.0 Å². The van der Waals surface area contributed by atoms with Gasteiger partial charge in [0.15, 0.2) is 0 Å². The summed E-state index contributed by atoms with van der Waals surface area (Å²) in [5.41, 5.74) is 11.2. The third-order valence-electron chi connectivity index (χ3n) is 3.59. The normalized spacial score (nSPS) is 12.3. The number of aryl methyl sites for hydroxylation is 1. The van der Waals surface area contributed by atoms with Gasteiger partial charge in [0.05, 0.1) is 24.2 Å². The monoisotopic (exact) mass is 279 g/mol. The number of para-hydroxylation sites is 1. The maximum atomic E-state index is 6.48. The molecule has 0 saturated carbocycles. The minimum Gasteiger partial charge on any atom is -0.496 e. The van der Waals surface area contributed by atoms with E-state index in [0.29, 0.717) is 0 Å². The Morgan fingerprint density at radius 2 is 1.86 bits per heavy atom. The van der Waals surface area contributed by atoms with Crippen molar-refractivity contribution in [2.24, 2.45) is 5.73 Å². The summed E-state index contributed by atoms with van der Waals surface area (Å²) in [6, 6.07) is 11.6. The first-order chi connectivity index (χ1) is 10.2. The molecule has 1 heterocycles. The smallest absolute Gasteiger partial charge is 0.123 e. The molecule has 2 aromatic carbocycles. The van der Waals surface area contributed by atoms with E-state index in [-0.39, 0.29) is 6.04 Å². The summed E-state index contributed by atoms with van der Waals surface area (Å²) >= 11 is 0. The van der Waals surface area contributed by atoms with Gasteiger partial charge in [-0.25, -0.2) is 0 Å². The van der Waals surface area contributed by atoms with Crippen LogP contribution in [0.3, 0.4) is 0 Å². The Labute approximate surface area is 123 Å². The fraction of sp³-hybridized carbons (Fsp3) is 0.176. The number of nitrogens with two attached hydrogens (primary N) is 1. The Hall–Kier alpha value is -2.46. The van der Waals surface area contributed by atoms with Crippen molar-refractivity contribution in [2.75, 3.05) is 7.11 Å². The summed E-state index contributed by atoms with van der Waals surface area (Å²) in [5, 5.41) is 0. The quantitative estimate of drug-likeness (QED) is 0.800. The van der Waals surface area contributed by atoms with E-state index < -0.39 is 0 Å². The molecule has 0 amide bonds. The number of benzene rings is 2. The minimum absolute atomic E-state index is 0.305. The summed E-state index contributed by atoms with van der Waals surface area (Å²) in [7, 11) is 1.66. The van der Waals surface area contributed by atoms with Gasteiger partial charge >= 0.3 is 0 Å². The highest BCUT2D eigenvalue weighted by molar-refractivity contribution is 5.78. The molecular formula is C17H17N3O. The van der Waals surface area contributed by atoms with Gasteiger partial charge in [0.25, 0.3) is 0 Å². The van der Waals surface area contributed by atoms with Gasteiger partial charge in [-0.3, -0.25) is 9.97 Å². The molecule has 0 bridgehead atoms. The molecular weight excluding hydrogens is 262 g/mol. The maximum absolute atomic E-state index is 6.48. The zero-order chi connectivity index (χ0) is 14.8. The van der Waals surface area contributed by atoms with Gasteiger partial charge in [0.1, 0.15) is 5.75 Å². The average molecular weight is 279 g/mol. The van der Waals surface area contributed by atoms with Gasteiger partial charge in [-0.1, -0.05) is 29.8 Å². The third-order valence-corrected chi connectivity index (χ3v) is 3.59. The molecule has 1 atom stereocenters. The number of aromatic nitrogens is 2. The van der Waals surface area contributed by atoms with Crippen LogP contribution in [0.2, 0.25) is 0 Å². The molecule has 0 aliphatic heterocycles. The van der Waals surface area contributed by atoms with Crippen LogP contribution >= 0.6 is 0 Å². The maximum Gasteiger partial charge on any atom is 0.123 e. The van der Waals surface area contributed by atoms with E-state index >= 15 is 0 Å². The van der Waals surface area contributed by atoms with E-state index in [1.807, 2.05) is 37.3 Å². The largest absolute Gasteiger partial charge is 0.496 e. The summed E-state index contributed by atoms with van der Waals surface area (Å²) in [4.78, 5) is 8.75. The first-order valence-corrected chi connectivity index (χ1v) is 6.80. The zero-order valence-electron chi connectivity index (χ0n) is 12.1. The third kappa shape index (κ3) is 2.45. The van der Waals surface area contributed by atoms with Gasteiger partial charge in [-0.05, 0) is 19.1 Å². The van der Waals surface area contributed by atoms with E-state index in [9.17, 15) is 0 Å². The molecule has 0 saturated heterocycles. The van der Waals surface area contributed by atoms with Gasteiger partial charge in [0.2, 0.25) is 0 Å². The predicted molar refractivity (Wildman–Crippen MR) is 83.3 cm³/mol. The number of fused-ring (bicyclic) bond motifs is 1. The van der Waals surface area contributed by atoms with Crippen LogP contribution in [0.4, 0.5) is 0 Å². The Morgan fingerprint density at radius 1 is 1.05 bits per heavy atom.